The van der Waals surface area contributed by atoms with Crippen molar-refractivity contribution in [3.05, 3.63) is 46.9 Å². The molecule has 0 aliphatic carbocycles. The lowest BCUT2D eigenvalue weighted by molar-refractivity contribution is 0.579. The van der Waals surface area contributed by atoms with E-state index in [4.69, 9.17) is 0 Å². The Morgan fingerprint density at radius 3 is 2.35 bits per heavy atom. The summed E-state index contributed by atoms with van der Waals surface area (Å²) in [6.07, 6.45) is 0. The minimum Gasteiger partial charge on any atom is -0.363 e. The Morgan fingerprint density at radius 1 is 1.04 bits per heavy atom. The van der Waals surface area contributed by atoms with Crippen molar-refractivity contribution in [2.24, 2.45) is 0 Å². The zero-order valence-electron chi connectivity index (χ0n) is 14.1. The van der Waals surface area contributed by atoms with Gasteiger partial charge in [0, 0.05) is 25.9 Å². The Bertz CT molecular complexity index is 817. The van der Waals surface area contributed by atoms with E-state index in [1.807, 2.05) is 45.8 Å². The summed E-state index contributed by atoms with van der Waals surface area (Å²) in [6.45, 7) is 5.75. The quantitative estimate of drug-likeness (QED) is 0.904. The molecule has 0 radical (unpaired) electrons. The molecule has 2 aromatic rings. The zero-order valence-corrected chi connectivity index (χ0v) is 14.9. The van der Waals surface area contributed by atoms with Crippen molar-refractivity contribution in [2.75, 3.05) is 19.0 Å². The first-order valence-corrected chi connectivity index (χ1v) is 8.76. The van der Waals surface area contributed by atoms with E-state index < -0.39 is 10.0 Å². The Labute approximate surface area is 137 Å². The maximum Gasteiger partial charge on any atom is 0.240 e. The summed E-state index contributed by atoms with van der Waals surface area (Å²) < 4.78 is 27.4. The molecule has 0 saturated heterocycles. The molecule has 0 atom stereocenters. The Morgan fingerprint density at radius 2 is 1.74 bits per heavy atom. The van der Waals surface area contributed by atoms with E-state index in [0.29, 0.717) is 5.82 Å². The molecule has 0 fully saturated rings. The molecule has 23 heavy (non-hydrogen) atoms. The number of aromatic nitrogens is 2. The fourth-order valence-electron chi connectivity index (χ4n) is 2.04. The molecule has 7 heteroatoms. The van der Waals surface area contributed by atoms with E-state index in [1.54, 1.807) is 18.2 Å². The normalized spacial score (nSPS) is 11.5. The second-order valence-corrected chi connectivity index (χ2v) is 7.52. The molecule has 1 aromatic carbocycles. The number of hydrogen-bond acceptors (Lipinski definition) is 5. The molecule has 0 bridgehead atoms. The molecule has 0 aliphatic rings. The summed E-state index contributed by atoms with van der Waals surface area (Å²) >= 11 is 0. The summed E-state index contributed by atoms with van der Waals surface area (Å²) in [4.78, 5) is 10.7. The van der Waals surface area contributed by atoms with Crippen LogP contribution in [0.15, 0.2) is 29.2 Å². The van der Waals surface area contributed by atoms with Gasteiger partial charge in [-0.25, -0.2) is 23.1 Å². The van der Waals surface area contributed by atoms with Gasteiger partial charge in [0.05, 0.1) is 11.4 Å². The molecule has 1 aromatic heterocycles. The van der Waals surface area contributed by atoms with E-state index in [-0.39, 0.29) is 11.4 Å². The summed E-state index contributed by atoms with van der Waals surface area (Å²) in [5, 5.41) is 0. The Balaban J connectivity index is 2.20. The van der Waals surface area contributed by atoms with Crippen molar-refractivity contribution in [2.45, 2.75) is 32.2 Å². The highest BCUT2D eigenvalue weighted by Gasteiger charge is 2.15. The maximum atomic E-state index is 12.4. The van der Waals surface area contributed by atoms with Gasteiger partial charge in [0.1, 0.15) is 11.6 Å². The molecule has 0 spiro atoms. The molecule has 0 aliphatic heterocycles. The van der Waals surface area contributed by atoms with Gasteiger partial charge in [-0.3, -0.25) is 0 Å². The van der Waals surface area contributed by atoms with Gasteiger partial charge in [0.2, 0.25) is 10.0 Å². The van der Waals surface area contributed by atoms with Crippen LogP contribution < -0.4 is 9.62 Å². The van der Waals surface area contributed by atoms with Gasteiger partial charge >= 0.3 is 0 Å². The lowest BCUT2D eigenvalue weighted by atomic mass is 10.1. The molecular formula is C16H22N4O2S. The number of rotatable bonds is 5. The first-order valence-electron chi connectivity index (χ1n) is 7.28. The van der Waals surface area contributed by atoms with Crippen LogP contribution in [0.25, 0.3) is 0 Å². The average Bonchev–Trinajstić information content (AvgIpc) is 2.47. The molecule has 0 amide bonds. The van der Waals surface area contributed by atoms with Crippen LogP contribution in [0, 0.1) is 20.8 Å². The number of hydrogen-bond donors (Lipinski definition) is 1. The Hall–Kier alpha value is -1.99. The minimum absolute atomic E-state index is 0.0534. The van der Waals surface area contributed by atoms with Gasteiger partial charge in [0.15, 0.2) is 0 Å². The highest BCUT2D eigenvalue weighted by molar-refractivity contribution is 7.89. The summed E-state index contributed by atoms with van der Waals surface area (Å²) in [5.41, 5.74) is 2.79. The van der Waals surface area contributed by atoms with Gasteiger partial charge in [-0.15, -0.1) is 0 Å². The molecule has 6 nitrogen and oxygen atoms in total. The van der Waals surface area contributed by atoms with E-state index in [2.05, 4.69) is 14.7 Å². The topological polar surface area (TPSA) is 75.2 Å². The lowest BCUT2D eigenvalue weighted by Crippen LogP contribution is -2.25. The summed E-state index contributed by atoms with van der Waals surface area (Å²) in [7, 11) is 0.172. The third-order valence-electron chi connectivity index (χ3n) is 3.55. The number of nitrogens with one attached hydrogen (secondary N) is 1. The van der Waals surface area contributed by atoms with Crippen LogP contribution >= 0.6 is 0 Å². The second kappa shape index (κ2) is 6.64. The van der Waals surface area contributed by atoms with Gasteiger partial charge in [0.25, 0.3) is 0 Å². The number of benzene rings is 1. The third-order valence-corrected chi connectivity index (χ3v) is 4.95. The predicted octanol–water partition coefficient (Wildman–Crippen LogP) is 1.95. The van der Waals surface area contributed by atoms with Gasteiger partial charge in [-0.2, -0.15) is 0 Å². The highest BCUT2D eigenvalue weighted by Crippen LogP contribution is 2.15. The number of nitrogens with zero attached hydrogens (tertiary/aromatic N) is 3. The predicted molar refractivity (Wildman–Crippen MR) is 91.0 cm³/mol. The van der Waals surface area contributed by atoms with Crippen molar-refractivity contribution in [3.63, 3.8) is 0 Å². The van der Waals surface area contributed by atoms with Gasteiger partial charge in [-0.1, -0.05) is 6.07 Å². The van der Waals surface area contributed by atoms with Gasteiger partial charge in [-0.05, 0) is 44.0 Å². The van der Waals surface area contributed by atoms with Crippen LogP contribution in [0.4, 0.5) is 5.82 Å². The van der Waals surface area contributed by atoms with E-state index >= 15 is 0 Å². The zero-order chi connectivity index (χ0) is 17.2. The summed E-state index contributed by atoms with van der Waals surface area (Å²) in [6, 6.07) is 6.92. The van der Waals surface area contributed by atoms with Gasteiger partial charge < -0.3 is 4.90 Å². The van der Waals surface area contributed by atoms with E-state index in [9.17, 15) is 8.42 Å². The molecule has 1 N–H and O–H groups in total. The summed E-state index contributed by atoms with van der Waals surface area (Å²) in [5.74, 6) is 1.19. The fraction of sp³-hybridized carbons (Fsp3) is 0.375. The van der Waals surface area contributed by atoms with E-state index in [0.717, 1.165) is 22.6 Å². The minimum atomic E-state index is -3.59. The molecule has 1 heterocycles. The first kappa shape index (κ1) is 17.4. The van der Waals surface area contributed by atoms with Crippen LogP contribution in [0.3, 0.4) is 0 Å². The number of sulfonamides is 1. The smallest absolute Gasteiger partial charge is 0.240 e. The highest BCUT2D eigenvalue weighted by atomic mass is 32.2. The lowest BCUT2D eigenvalue weighted by Gasteiger charge is -2.13. The van der Waals surface area contributed by atoms with Crippen LogP contribution in [-0.2, 0) is 16.6 Å². The molecule has 124 valence electrons. The third kappa shape index (κ3) is 4.27. The molecule has 2 rings (SSSR count). The maximum absolute atomic E-state index is 12.4. The van der Waals surface area contributed by atoms with Crippen molar-refractivity contribution in [1.82, 2.24) is 14.7 Å². The number of aryl methyl sites for hydroxylation is 3. The molecular weight excluding hydrogens is 312 g/mol. The average molecular weight is 334 g/mol. The second-order valence-electron chi connectivity index (χ2n) is 5.75. The standard InChI is InChI=1S/C16H22N4O2S/c1-11-6-7-14(8-12(11)2)23(21,22)17-10-15-18-13(3)9-16(19-15)20(4)5/h6-9,17H,10H2,1-5H3. The Kier molecular flexibility index (Phi) is 5.01. The van der Waals surface area contributed by atoms with Crippen LogP contribution in [0.2, 0.25) is 0 Å². The van der Waals surface area contributed by atoms with Crippen molar-refractivity contribution in [3.8, 4) is 0 Å². The largest absolute Gasteiger partial charge is 0.363 e. The van der Waals surface area contributed by atoms with Crippen LogP contribution in [0.5, 0.6) is 0 Å². The van der Waals surface area contributed by atoms with Crippen molar-refractivity contribution >= 4 is 15.8 Å². The van der Waals surface area contributed by atoms with Crippen molar-refractivity contribution in [1.29, 1.82) is 0 Å². The molecule has 0 saturated carbocycles. The van der Waals surface area contributed by atoms with E-state index in [1.165, 1.54) is 0 Å². The van der Waals surface area contributed by atoms with Crippen LogP contribution in [-0.4, -0.2) is 32.5 Å². The first-order chi connectivity index (χ1) is 10.7. The SMILES string of the molecule is Cc1cc(N(C)C)nc(CNS(=O)(=O)c2ccc(C)c(C)c2)n1. The molecule has 0 unspecified atom stereocenters. The van der Waals surface area contributed by atoms with Crippen LogP contribution in [0.1, 0.15) is 22.6 Å². The monoisotopic (exact) mass is 334 g/mol. The number of anilines is 1. The fourth-order valence-corrected chi connectivity index (χ4v) is 3.11. The van der Waals surface area contributed by atoms with Crippen molar-refractivity contribution < 1.29 is 8.42 Å².